The summed E-state index contributed by atoms with van der Waals surface area (Å²) < 4.78 is 38.8. The van der Waals surface area contributed by atoms with Gasteiger partial charge < -0.3 is 29.7 Å². The molecule has 1 fully saturated rings. The van der Waals surface area contributed by atoms with Crippen LogP contribution in [0.4, 0.5) is 4.79 Å². The first-order chi connectivity index (χ1) is 15.4. The summed E-state index contributed by atoms with van der Waals surface area (Å²) in [6.45, 7) is 4.25. The average molecular weight is 497 g/mol. The van der Waals surface area contributed by atoms with Crippen LogP contribution in [0.5, 0.6) is 17.2 Å². The van der Waals surface area contributed by atoms with Crippen LogP contribution in [0, 0.1) is 6.92 Å². The number of piperazine rings is 1. The predicted molar refractivity (Wildman–Crippen MR) is 125 cm³/mol. The number of rotatable bonds is 6. The number of aromatic hydroxyl groups is 1. The number of aliphatic hydroxyl groups excluding tert-OH is 1. The average Bonchev–Trinajstić information content (AvgIpc) is 2.72. The van der Waals surface area contributed by atoms with E-state index in [9.17, 15) is 28.5 Å². The number of carbonyl (C=O) groups excluding carboxylic acids is 1. The number of hydrogen-bond donors (Lipinski definition) is 3. The number of aryl methyl sites for hydroxylation is 1. The van der Waals surface area contributed by atoms with Crippen molar-refractivity contribution in [3.63, 3.8) is 0 Å². The molecule has 1 saturated heterocycles. The minimum Gasteiger partial charge on any atom is -0.508 e. The normalized spacial score (nSPS) is 14.9. The first-order valence-electron chi connectivity index (χ1n) is 10.3. The van der Waals surface area contributed by atoms with Crippen LogP contribution in [0.1, 0.15) is 32.4 Å². The third-order valence-electron chi connectivity index (χ3n) is 4.91. The molecule has 0 unspecified atom stereocenters. The predicted octanol–water partition coefficient (Wildman–Crippen LogP) is 2.79. The molecule has 0 atom stereocenters. The maximum atomic E-state index is 13.4. The van der Waals surface area contributed by atoms with Gasteiger partial charge in [0.25, 0.3) is 0 Å². The van der Waals surface area contributed by atoms with Gasteiger partial charge in [-0.25, -0.2) is 13.2 Å². The lowest BCUT2D eigenvalue weighted by molar-refractivity contribution is -0.140. The van der Waals surface area contributed by atoms with Crippen molar-refractivity contribution in [1.82, 2.24) is 9.21 Å². The highest BCUT2D eigenvalue weighted by molar-refractivity contribution is 7.89. The highest BCUT2D eigenvalue weighted by Gasteiger charge is 2.34. The van der Waals surface area contributed by atoms with E-state index in [1.54, 1.807) is 25.1 Å². The molecule has 1 aliphatic heterocycles. The van der Waals surface area contributed by atoms with Crippen molar-refractivity contribution in [3.05, 3.63) is 47.5 Å². The minimum atomic E-state index is -4.04. The molecule has 2 aromatic carbocycles. The van der Waals surface area contributed by atoms with Crippen LogP contribution in [0.2, 0.25) is 0 Å². The number of benzene rings is 2. The molecule has 3 N–H and O–H groups in total. The number of sulfonamides is 1. The van der Waals surface area contributed by atoms with Gasteiger partial charge in [0.2, 0.25) is 15.8 Å². The minimum absolute atomic E-state index is 0. The van der Waals surface area contributed by atoms with Crippen molar-refractivity contribution >= 4 is 16.1 Å². The molecule has 0 bridgehead atoms. The Balaban J connectivity index is 0.00000408. The van der Waals surface area contributed by atoms with Crippen LogP contribution in [-0.4, -0.2) is 71.0 Å². The molecule has 10 nitrogen and oxygen atoms in total. The number of nitrogens with zero attached hydrogens (tertiary/aromatic N) is 2. The fourth-order valence-corrected chi connectivity index (χ4v) is 4.97. The van der Waals surface area contributed by atoms with Crippen LogP contribution >= 0.6 is 0 Å². The standard InChI is InChI=1S/C22H28N2O8S.CH4/c1-15-10-17(26)13-18(11-15)31-19-5-4-16(14-25)12-20(19)33(29,30)24-8-6-23(7-9-24)21(27)32-22(2,3)28;/h4-5,10-13,25-26,28H,6-9,14H2,1-3H3;1H4. The summed E-state index contributed by atoms with van der Waals surface area (Å²) in [4.78, 5) is 13.3. The summed E-state index contributed by atoms with van der Waals surface area (Å²) in [5.74, 6) is -1.35. The van der Waals surface area contributed by atoms with E-state index in [0.717, 1.165) is 5.56 Å². The number of aliphatic hydroxyl groups is 2. The molecule has 0 aromatic heterocycles. The van der Waals surface area contributed by atoms with E-state index in [2.05, 4.69) is 0 Å². The Morgan fingerprint density at radius 1 is 1.09 bits per heavy atom. The molecular formula is C23H32N2O8S. The van der Waals surface area contributed by atoms with Gasteiger partial charge in [-0.2, -0.15) is 4.31 Å². The smallest absolute Gasteiger partial charge is 0.412 e. The van der Waals surface area contributed by atoms with Gasteiger partial charge in [0, 0.05) is 46.1 Å². The first-order valence-corrected chi connectivity index (χ1v) is 11.8. The first kappa shape index (κ1) is 27.4. The van der Waals surface area contributed by atoms with Crippen molar-refractivity contribution < 1.29 is 38.0 Å². The Kier molecular flexibility index (Phi) is 8.54. The van der Waals surface area contributed by atoms with Crippen LogP contribution in [0.15, 0.2) is 41.3 Å². The lowest BCUT2D eigenvalue weighted by Gasteiger charge is -2.34. The summed E-state index contributed by atoms with van der Waals surface area (Å²) in [5.41, 5.74) is 1.12. The van der Waals surface area contributed by atoms with Crippen molar-refractivity contribution in [2.75, 3.05) is 26.2 Å². The van der Waals surface area contributed by atoms with Gasteiger partial charge in [-0.05, 0) is 42.3 Å². The molecule has 188 valence electrons. The molecule has 2 aromatic rings. The van der Waals surface area contributed by atoms with Gasteiger partial charge in [0.05, 0.1) is 6.61 Å². The van der Waals surface area contributed by atoms with E-state index in [0.29, 0.717) is 5.56 Å². The Hall–Kier alpha value is -2.86. The summed E-state index contributed by atoms with van der Waals surface area (Å²) in [6.07, 6.45) is -0.731. The molecule has 0 saturated carbocycles. The number of amides is 1. The molecule has 0 aliphatic carbocycles. The van der Waals surface area contributed by atoms with E-state index in [1.807, 2.05) is 0 Å². The van der Waals surface area contributed by atoms with E-state index in [4.69, 9.17) is 9.47 Å². The number of phenols is 1. The second kappa shape index (κ2) is 10.6. The van der Waals surface area contributed by atoms with Gasteiger partial charge in [-0.3, -0.25) is 0 Å². The molecule has 0 spiro atoms. The van der Waals surface area contributed by atoms with Crippen molar-refractivity contribution in [2.24, 2.45) is 0 Å². The molecule has 34 heavy (non-hydrogen) atoms. The maximum absolute atomic E-state index is 13.4. The molecule has 1 heterocycles. The summed E-state index contributed by atoms with van der Waals surface area (Å²) in [6, 6.07) is 8.92. The Labute approximate surface area is 200 Å². The third kappa shape index (κ3) is 6.60. The molecular weight excluding hydrogens is 464 g/mol. The van der Waals surface area contributed by atoms with Gasteiger partial charge >= 0.3 is 6.09 Å². The van der Waals surface area contributed by atoms with Crippen molar-refractivity contribution in [1.29, 1.82) is 0 Å². The van der Waals surface area contributed by atoms with Gasteiger partial charge in [0.15, 0.2) is 0 Å². The second-order valence-electron chi connectivity index (χ2n) is 8.25. The topological polar surface area (TPSA) is 137 Å². The van der Waals surface area contributed by atoms with Crippen LogP contribution in [0.3, 0.4) is 0 Å². The number of ether oxygens (including phenoxy) is 2. The van der Waals surface area contributed by atoms with Gasteiger partial charge in [0.1, 0.15) is 22.1 Å². The lowest BCUT2D eigenvalue weighted by Crippen LogP contribution is -2.51. The van der Waals surface area contributed by atoms with E-state index >= 15 is 0 Å². The Morgan fingerprint density at radius 2 is 1.74 bits per heavy atom. The number of hydrogen-bond acceptors (Lipinski definition) is 8. The number of phenolic OH excluding ortho intramolecular Hbond substituents is 1. The van der Waals surface area contributed by atoms with Crippen LogP contribution in [-0.2, 0) is 21.4 Å². The van der Waals surface area contributed by atoms with E-state index < -0.39 is 21.9 Å². The summed E-state index contributed by atoms with van der Waals surface area (Å²) in [5, 5.41) is 29.0. The Morgan fingerprint density at radius 3 is 2.29 bits per heavy atom. The summed E-state index contributed by atoms with van der Waals surface area (Å²) in [7, 11) is -4.04. The van der Waals surface area contributed by atoms with Gasteiger partial charge in [-0.1, -0.05) is 13.5 Å². The fraction of sp³-hybridized carbons (Fsp3) is 0.435. The summed E-state index contributed by atoms with van der Waals surface area (Å²) >= 11 is 0. The zero-order chi connectivity index (χ0) is 24.4. The molecule has 3 rings (SSSR count). The van der Waals surface area contributed by atoms with Gasteiger partial charge in [-0.15, -0.1) is 0 Å². The molecule has 1 aliphatic rings. The van der Waals surface area contributed by atoms with Crippen LogP contribution in [0.25, 0.3) is 0 Å². The van der Waals surface area contributed by atoms with Crippen LogP contribution < -0.4 is 4.74 Å². The Bertz CT molecular complexity index is 1100. The third-order valence-corrected chi connectivity index (χ3v) is 6.83. The monoisotopic (exact) mass is 496 g/mol. The van der Waals surface area contributed by atoms with E-state index in [1.165, 1.54) is 41.3 Å². The second-order valence-corrected chi connectivity index (χ2v) is 10.2. The lowest BCUT2D eigenvalue weighted by atomic mass is 10.2. The SMILES string of the molecule is C.Cc1cc(O)cc(Oc2ccc(CO)cc2S(=O)(=O)N2CCN(C(=O)OC(C)(C)O)CC2)c1. The largest absolute Gasteiger partial charge is 0.508 e. The zero-order valence-electron chi connectivity index (χ0n) is 18.7. The highest BCUT2D eigenvalue weighted by Crippen LogP contribution is 2.34. The molecule has 11 heteroatoms. The maximum Gasteiger partial charge on any atom is 0.412 e. The van der Waals surface area contributed by atoms with E-state index in [-0.39, 0.29) is 62.4 Å². The molecule has 0 radical (unpaired) electrons. The van der Waals surface area contributed by atoms with Crippen molar-refractivity contribution in [3.8, 4) is 17.2 Å². The zero-order valence-corrected chi connectivity index (χ0v) is 19.5. The molecule has 1 amide bonds. The quantitative estimate of drug-likeness (QED) is 0.519. The number of carbonyl (C=O) groups is 1. The fourth-order valence-electron chi connectivity index (χ4n) is 3.38. The van der Waals surface area contributed by atoms with Crippen molar-refractivity contribution in [2.45, 2.75) is 45.5 Å². The highest BCUT2D eigenvalue weighted by atomic mass is 32.2.